The summed E-state index contributed by atoms with van der Waals surface area (Å²) in [5, 5.41) is 8.67. The molecule has 0 fully saturated rings. The molecule has 4 aromatic heterocycles. The molecule has 0 aliphatic heterocycles. The largest absolute Gasteiger partial charge is 0.246 e. The van der Waals surface area contributed by atoms with Crippen molar-refractivity contribution in [1.29, 1.82) is 0 Å². The summed E-state index contributed by atoms with van der Waals surface area (Å²) in [6.07, 6.45) is 0. The molecule has 0 N–H and O–H groups in total. The van der Waals surface area contributed by atoms with Crippen LogP contribution < -0.4 is 0 Å². The summed E-state index contributed by atoms with van der Waals surface area (Å²) >= 11 is 3.69. The molecule has 64 heavy (non-hydrogen) atoms. The van der Waals surface area contributed by atoms with Gasteiger partial charge in [-0.05, 0) is 53.1 Å². The third-order valence-electron chi connectivity index (χ3n) is 12.5. The molecule has 13 rings (SSSR count). The van der Waals surface area contributed by atoms with Crippen LogP contribution in [0, 0.1) is 0 Å². The van der Waals surface area contributed by atoms with Crippen LogP contribution in [0.25, 0.3) is 129 Å². The normalized spacial score (nSPS) is 11.8. The van der Waals surface area contributed by atoms with Crippen LogP contribution in [-0.2, 0) is 0 Å². The first-order chi connectivity index (χ1) is 31.7. The third-order valence-corrected chi connectivity index (χ3v) is 14.8. The first-order valence-corrected chi connectivity index (χ1v) is 23.1. The first kappa shape index (κ1) is 36.8. The molecule has 4 heterocycles. The summed E-state index contributed by atoms with van der Waals surface area (Å²) in [7, 11) is 0. The second-order valence-electron chi connectivity index (χ2n) is 16.3. The fraction of sp³-hybridized carbons (Fsp3) is 0. The number of aromatic nitrogens is 3. The minimum Gasteiger partial charge on any atom is -0.246 e. The van der Waals surface area contributed by atoms with Crippen LogP contribution in [0.4, 0.5) is 0 Å². The van der Waals surface area contributed by atoms with E-state index < -0.39 is 0 Å². The van der Waals surface area contributed by atoms with Gasteiger partial charge >= 0.3 is 0 Å². The molecule has 0 aliphatic rings. The lowest BCUT2D eigenvalue weighted by molar-refractivity contribution is 1.19. The molecule has 0 bridgehead atoms. The minimum atomic E-state index is 0.719. The van der Waals surface area contributed by atoms with E-state index in [9.17, 15) is 0 Å². The fourth-order valence-electron chi connectivity index (χ4n) is 9.48. The van der Waals surface area contributed by atoms with Crippen molar-refractivity contribution >= 4 is 84.7 Å². The lowest BCUT2D eigenvalue weighted by Crippen LogP contribution is -1.95. The highest BCUT2D eigenvalue weighted by Crippen LogP contribution is 2.46. The maximum atomic E-state index is 5.57. The van der Waals surface area contributed by atoms with Crippen LogP contribution in [-0.4, -0.2) is 15.0 Å². The summed E-state index contributed by atoms with van der Waals surface area (Å²) in [5.41, 5.74) is 12.7. The summed E-state index contributed by atoms with van der Waals surface area (Å²) in [6, 6.07) is 76.0. The van der Waals surface area contributed by atoms with E-state index in [4.69, 9.17) is 15.0 Å². The van der Waals surface area contributed by atoms with Gasteiger partial charge in [0, 0.05) is 84.3 Å². The van der Waals surface area contributed by atoms with Gasteiger partial charge in [0.1, 0.15) is 0 Å². The van der Waals surface area contributed by atoms with Crippen LogP contribution in [0.15, 0.2) is 212 Å². The van der Waals surface area contributed by atoms with Gasteiger partial charge in [-0.3, -0.25) is 0 Å². The smallest absolute Gasteiger partial charge is 0.160 e. The van der Waals surface area contributed by atoms with Crippen molar-refractivity contribution in [3.63, 3.8) is 0 Å². The van der Waals surface area contributed by atoms with E-state index in [0.717, 1.165) is 67.4 Å². The monoisotopic (exact) mass is 849 g/mol. The highest BCUT2D eigenvalue weighted by atomic mass is 32.1. The molecule has 3 nitrogen and oxygen atoms in total. The molecule has 13 aromatic rings. The Balaban J connectivity index is 0.959. The fourth-order valence-corrected chi connectivity index (χ4v) is 11.8. The van der Waals surface area contributed by atoms with Crippen LogP contribution in [0.1, 0.15) is 0 Å². The SMILES string of the molecule is c1ccc(-c2cc(-c3cccc4c3sc3ccc(-c5cccc(-c6cccc7c6nc(-c6ccccc6)c6ccc8sc9ccccc9c8c67)c5)cc34)nc(-c3ccccc3)n2)cc1. The molecule has 0 saturated carbocycles. The number of hydrogen-bond donors (Lipinski definition) is 0. The van der Waals surface area contributed by atoms with Crippen LogP contribution >= 0.6 is 22.7 Å². The summed E-state index contributed by atoms with van der Waals surface area (Å²) in [4.78, 5) is 15.8. The second-order valence-corrected chi connectivity index (χ2v) is 18.4. The highest BCUT2D eigenvalue weighted by molar-refractivity contribution is 7.26. The molecule has 0 aliphatic carbocycles. The Morgan fingerprint density at radius 2 is 0.906 bits per heavy atom. The van der Waals surface area contributed by atoms with Gasteiger partial charge in [0.2, 0.25) is 0 Å². The first-order valence-electron chi connectivity index (χ1n) is 21.5. The molecule has 0 atom stereocenters. The zero-order valence-corrected chi connectivity index (χ0v) is 36.0. The van der Waals surface area contributed by atoms with Crippen LogP contribution in [0.5, 0.6) is 0 Å². The average Bonchev–Trinajstić information content (AvgIpc) is 3.95. The molecule has 0 amide bonds. The van der Waals surface area contributed by atoms with Crippen LogP contribution in [0.3, 0.4) is 0 Å². The van der Waals surface area contributed by atoms with Crippen LogP contribution in [0.2, 0.25) is 0 Å². The number of rotatable bonds is 6. The number of fused-ring (bicyclic) bond motifs is 10. The zero-order chi connectivity index (χ0) is 42.1. The molecular weight excluding hydrogens is 815 g/mol. The maximum absolute atomic E-state index is 5.57. The third kappa shape index (κ3) is 6.04. The van der Waals surface area contributed by atoms with E-state index in [1.807, 2.05) is 46.9 Å². The van der Waals surface area contributed by atoms with Gasteiger partial charge in [0.25, 0.3) is 0 Å². The Kier molecular flexibility index (Phi) is 8.58. The number of para-hydroxylation sites is 1. The number of thiophene rings is 2. The van der Waals surface area contributed by atoms with Gasteiger partial charge in [-0.2, -0.15) is 0 Å². The van der Waals surface area contributed by atoms with Crippen molar-refractivity contribution in [2.24, 2.45) is 0 Å². The standard InChI is InChI=1S/C59H35N3S2/c1-4-15-36(16-5-1)49-35-50(61-59(60-49)38-19-8-3-9-20-38)44-26-14-25-43-48-34-40(29-31-52(48)64-58(43)44)39-21-12-22-41(33-39)42-24-13-27-46-54-47(56(62-57(42)46)37-17-6-2-7-18-37)30-32-53-55(54)45-23-10-11-28-51(45)63-53/h1-35H. The molecule has 9 aromatic carbocycles. The molecule has 0 spiro atoms. The van der Waals surface area contributed by atoms with Crippen molar-refractivity contribution in [2.75, 3.05) is 0 Å². The minimum absolute atomic E-state index is 0.719. The molecule has 5 heteroatoms. The quantitative estimate of drug-likeness (QED) is 0.156. The average molecular weight is 850 g/mol. The molecular formula is C59H35N3S2. The van der Waals surface area contributed by atoms with E-state index in [2.05, 4.69) is 188 Å². The predicted octanol–water partition coefficient (Wildman–Crippen LogP) is 16.9. The maximum Gasteiger partial charge on any atom is 0.160 e. The highest BCUT2D eigenvalue weighted by Gasteiger charge is 2.20. The van der Waals surface area contributed by atoms with Gasteiger partial charge in [-0.25, -0.2) is 15.0 Å². The number of pyridine rings is 1. The van der Waals surface area contributed by atoms with Gasteiger partial charge < -0.3 is 0 Å². The van der Waals surface area contributed by atoms with E-state index in [1.54, 1.807) is 0 Å². The lowest BCUT2D eigenvalue weighted by atomic mass is 9.92. The van der Waals surface area contributed by atoms with Gasteiger partial charge in [-0.1, -0.05) is 176 Å². The van der Waals surface area contributed by atoms with Gasteiger partial charge in [-0.15, -0.1) is 22.7 Å². The topological polar surface area (TPSA) is 38.7 Å². The summed E-state index contributed by atoms with van der Waals surface area (Å²) in [5.74, 6) is 0.719. The van der Waals surface area contributed by atoms with E-state index in [-0.39, 0.29) is 0 Å². The van der Waals surface area contributed by atoms with E-state index >= 15 is 0 Å². The number of hydrogen-bond acceptors (Lipinski definition) is 5. The van der Waals surface area contributed by atoms with Crippen molar-refractivity contribution in [1.82, 2.24) is 15.0 Å². The Morgan fingerprint density at radius 3 is 1.73 bits per heavy atom. The van der Waals surface area contributed by atoms with E-state index in [0.29, 0.717) is 0 Å². The van der Waals surface area contributed by atoms with E-state index in [1.165, 1.54) is 62.1 Å². The zero-order valence-electron chi connectivity index (χ0n) is 34.4. The number of benzene rings is 9. The molecule has 0 saturated heterocycles. The number of nitrogens with zero attached hydrogens (tertiary/aromatic N) is 3. The van der Waals surface area contributed by atoms with Gasteiger partial charge in [0.05, 0.1) is 22.6 Å². The Labute approximate surface area is 377 Å². The predicted molar refractivity (Wildman–Crippen MR) is 273 cm³/mol. The van der Waals surface area contributed by atoms with Crippen molar-refractivity contribution < 1.29 is 0 Å². The Bertz CT molecular complexity index is 3890. The van der Waals surface area contributed by atoms with Crippen molar-refractivity contribution in [2.45, 2.75) is 0 Å². The summed E-state index contributed by atoms with van der Waals surface area (Å²) < 4.78 is 5.06. The molecule has 298 valence electrons. The summed E-state index contributed by atoms with van der Waals surface area (Å²) in [6.45, 7) is 0. The van der Waals surface area contributed by atoms with Crippen molar-refractivity contribution in [3.05, 3.63) is 212 Å². The Morgan fingerprint density at radius 1 is 0.297 bits per heavy atom. The lowest BCUT2D eigenvalue weighted by Gasteiger charge is -2.15. The Hall–Kier alpha value is -7.83. The second kappa shape index (κ2) is 14.9. The molecule has 0 radical (unpaired) electrons. The van der Waals surface area contributed by atoms with Gasteiger partial charge in [0.15, 0.2) is 5.82 Å². The van der Waals surface area contributed by atoms with Crippen molar-refractivity contribution in [3.8, 4) is 67.4 Å². The molecule has 0 unspecified atom stereocenters.